The number of fused-ring (bicyclic) bond motifs is 1. The first-order valence-corrected chi connectivity index (χ1v) is 11.6. The Labute approximate surface area is 167 Å². The van der Waals surface area contributed by atoms with Crippen molar-refractivity contribution in [2.24, 2.45) is 22.2 Å². The summed E-state index contributed by atoms with van der Waals surface area (Å²) in [6.45, 7) is 16.5. The van der Waals surface area contributed by atoms with Gasteiger partial charge in [-0.05, 0) is 45.3 Å². The number of thioether (sulfide) groups is 2. The van der Waals surface area contributed by atoms with Crippen LogP contribution in [-0.4, -0.2) is 27.2 Å². The fourth-order valence-corrected chi connectivity index (χ4v) is 8.80. The van der Waals surface area contributed by atoms with Crippen LogP contribution in [0.5, 0.6) is 0 Å². The van der Waals surface area contributed by atoms with Gasteiger partial charge in [-0.25, -0.2) is 0 Å². The lowest BCUT2D eigenvalue weighted by atomic mass is 9.61. The molecule has 3 aliphatic rings. The number of hydrogen-bond acceptors (Lipinski definition) is 4. The van der Waals surface area contributed by atoms with Crippen molar-refractivity contribution in [3.8, 4) is 0 Å². The monoisotopic (exact) mass is 392 g/mol. The molecule has 2 nitrogen and oxygen atoms in total. The molecule has 26 heavy (non-hydrogen) atoms. The van der Waals surface area contributed by atoms with Gasteiger partial charge in [-0.3, -0.25) is 9.59 Å². The first-order valence-electron chi connectivity index (χ1n) is 9.62. The molecule has 0 N–H and O–H groups in total. The number of allylic oxidation sites excluding steroid dienone is 3. The van der Waals surface area contributed by atoms with Crippen LogP contribution in [0.3, 0.4) is 0 Å². The van der Waals surface area contributed by atoms with E-state index in [4.69, 9.17) is 0 Å². The fraction of sp³-hybridized carbons (Fsp3) is 0.727. The van der Waals surface area contributed by atoms with Crippen LogP contribution in [-0.2, 0) is 9.59 Å². The Morgan fingerprint density at radius 1 is 1.12 bits per heavy atom. The predicted octanol–water partition coefficient (Wildman–Crippen LogP) is 5.68. The van der Waals surface area contributed by atoms with E-state index in [2.05, 4.69) is 47.6 Å². The summed E-state index contributed by atoms with van der Waals surface area (Å²) >= 11 is 3.89. The first-order chi connectivity index (χ1) is 11.8. The van der Waals surface area contributed by atoms with Crippen molar-refractivity contribution in [2.45, 2.75) is 65.9 Å². The third-order valence-corrected chi connectivity index (χ3v) is 10.8. The normalized spacial score (nSPS) is 26.5. The molecule has 1 heterocycles. The van der Waals surface area contributed by atoms with E-state index in [9.17, 15) is 9.59 Å². The second kappa shape index (κ2) is 6.01. The third kappa shape index (κ3) is 2.47. The lowest BCUT2D eigenvalue weighted by molar-refractivity contribution is -0.135. The molecule has 0 aromatic rings. The number of carbonyl (C=O) groups is 2. The molecule has 144 valence electrons. The van der Waals surface area contributed by atoms with E-state index in [0.29, 0.717) is 5.78 Å². The van der Waals surface area contributed by atoms with Crippen molar-refractivity contribution < 1.29 is 9.59 Å². The summed E-state index contributed by atoms with van der Waals surface area (Å²) < 4.78 is -0.176. The molecule has 0 amide bonds. The summed E-state index contributed by atoms with van der Waals surface area (Å²) in [5, 5.41) is 0. The molecule has 1 spiro atoms. The van der Waals surface area contributed by atoms with Gasteiger partial charge in [0.25, 0.3) is 0 Å². The summed E-state index contributed by atoms with van der Waals surface area (Å²) in [4.78, 5) is 26.4. The van der Waals surface area contributed by atoms with E-state index in [1.807, 2.05) is 37.4 Å². The highest BCUT2D eigenvalue weighted by Gasteiger charge is 2.63. The molecule has 4 heteroatoms. The SMILES string of the molecule is CC(C)C(=O)C(C)(C)C1=CC2=C(C1)C1(SCCS1)C(C)(C)C(=O)C2(C)C. The summed E-state index contributed by atoms with van der Waals surface area (Å²) in [7, 11) is 0. The molecule has 0 radical (unpaired) electrons. The third-order valence-electron chi connectivity index (χ3n) is 6.68. The van der Waals surface area contributed by atoms with Gasteiger partial charge < -0.3 is 0 Å². The molecule has 1 saturated heterocycles. The average Bonchev–Trinajstić information content (AvgIpc) is 3.19. The zero-order valence-electron chi connectivity index (χ0n) is 17.4. The molecular weight excluding hydrogens is 360 g/mol. The molecular formula is C22H32O2S2. The van der Waals surface area contributed by atoms with Gasteiger partial charge in [-0.1, -0.05) is 39.3 Å². The smallest absolute Gasteiger partial charge is 0.150 e. The molecule has 1 fully saturated rings. The molecule has 0 unspecified atom stereocenters. The van der Waals surface area contributed by atoms with Gasteiger partial charge in [0.2, 0.25) is 0 Å². The van der Waals surface area contributed by atoms with Gasteiger partial charge >= 0.3 is 0 Å². The van der Waals surface area contributed by atoms with E-state index < -0.39 is 16.2 Å². The van der Waals surface area contributed by atoms with E-state index in [-0.39, 0.29) is 15.8 Å². The van der Waals surface area contributed by atoms with E-state index in [1.165, 1.54) is 16.7 Å². The molecule has 0 bridgehead atoms. The highest BCUT2D eigenvalue weighted by atomic mass is 32.2. The maximum atomic E-state index is 13.5. The number of ketones is 2. The van der Waals surface area contributed by atoms with Crippen molar-refractivity contribution in [1.82, 2.24) is 0 Å². The second-order valence-electron chi connectivity index (χ2n) is 9.78. The van der Waals surface area contributed by atoms with Gasteiger partial charge in [0.05, 0.1) is 9.49 Å². The zero-order chi connectivity index (χ0) is 19.7. The second-order valence-corrected chi connectivity index (χ2v) is 12.7. The topological polar surface area (TPSA) is 34.1 Å². The minimum Gasteiger partial charge on any atom is -0.298 e. The Balaban J connectivity index is 2.13. The van der Waals surface area contributed by atoms with Gasteiger partial charge in [0.15, 0.2) is 5.78 Å². The number of hydrogen-bond donors (Lipinski definition) is 0. The van der Waals surface area contributed by atoms with Crippen molar-refractivity contribution in [3.63, 3.8) is 0 Å². The molecule has 0 aromatic heterocycles. The van der Waals surface area contributed by atoms with Crippen LogP contribution in [0.15, 0.2) is 22.8 Å². The Morgan fingerprint density at radius 3 is 2.15 bits per heavy atom. The Morgan fingerprint density at radius 2 is 1.65 bits per heavy atom. The number of rotatable bonds is 3. The standard InChI is InChI=1S/C22H32O2S2/c1-13(2)17(23)19(3,4)14-11-15-16(12-14)22(25-9-10-26-22)21(7,8)18(24)20(15,5)6/h11,13H,9-10,12H2,1-8H3. The van der Waals surface area contributed by atoms with Gasteiger partial charge in [-0.15, -0.1) is 23.5 Å². The first kappa shape index (κ1) is 20.3. The van der Waals surface area contributed by atoms with Crippen molar-refractivity contribution in [3.05, 3.63) is 22.8 Å². The highest BCUT2D eigenvalue weighted by Crippen LogP contribution is 2.68. The Hall–Kier alpha value is -0.480. The van der Waals surface area contributed by atoms with Gasteiger partial charge in [0, 0.05) is 28.3 Å². The summed E-state index contributed by atoms with van der Waals surface area (Å²) in [5.74, 6) is 2.80. The van der Waals surface area contributed by atoms with Crippen LogP contribution in [0, 0.1) is 22.2 Å². The molecule has 1 aliphatic heterocycles. The van der Waals surface area contributed by atoms with Crippen LogP contribution < -0.4 is 0 Å². The molecule has 0 atom stereocenters. The summed E-state index contributed by atoms with van der Waals surface area (Å²) in [5.41, 5.74) is 2.39. The van der Waals surface area contributed by atoms with E-state index in [1.54, 1.807) is 0 Å². The van der Waals surface area contributed by atoms with E-state index >= 15 is 0 Å². The number of carbonyl (C=O) groups excluding carboxylic acids is 2. The fourth-order valence-electron chi connectivity index (χ4n) is 5.11. The number of Topliss-reactive ketones (excluding diaryl/α,β-unsaturated/α-hetero) is 2. The van der Waals surface area contributed by atoms with Crippen molar-refractivity contribution >= 4 is 35.1 Å². The van der Waals surface area contributed by atoms with Gasteiger partial charge in [-0.2, -0.15) is 0 Å². The zero-order valence-corrected chi connectivity index (χ0v) is 19.0. The molecule has 2 aliphatic carbocycles. The maximum Gasteiger partial charge on any atom is 0.150 e. The van der Waals surface area contributed by atoms with Crippen LogP contribution >= 0.6 is 23.5 Å². The minimum atomic E-state index is -0.494. The maximum absolute atomic E-state index is 13.5. The Kier molecular flexibility index (Phi) is 4.68. The lowest BCUT2D eigenvalue weighted by Crippen LogP contribution is -2.54. The summed E-state index contributed by atoms with van der Waals surface area (Å²) in [6.07, 6.45) is 3.05. The summed E-state index contributed by atoms with van der Waals surface area (Å²) in [6, 6.07) is 0. The van der Waals surface area contributed by atoms with Crippen LogP contribution in [0.1, 0.15) is 61.8 Å². The molecule has 0 saturated carbocycles. The van der Waals surface area contributed by atoms with Crippen LogP contribution in [0.2, 0.25) is 0 Å². The van der Waals surface area contributed by atoms with Gasteiger partial charge in [0.1, 0.15) is 5.78 Å². The molecule has 3 rings (SSSR count). The van der Waals surface area contributed by atoms with E-state index in [0.717, 1.165) is 17.9 Å². The van der Waals surface area contributed by atoms with Crippen molar-refractivity contribution in [1.29, 1.82) is 0 Å². The molecule has 0 aromatic carbocycles. The quantitative estimate of drug-likeness (QED) is 0.619. The lowest BCUT2D eigenvalue weighted by Gasteiger charge is -2.51. The average molecular weight is 393 g/mol. The van der Waals surface area contributed by atoms with Crippen molar-refractivity contribution in [2.75, 3.05) is 11.5 Å². The predicted molar refractivity (Wildman–Crippen MR) is 114 cm³/mol. The Bertz CT molecular complexity index is 729. The van der Waals surface area contributed by atoms with Crippen LogP contribution in [0.25, 0.3) is 0 Å². The van der Waals surface area contributed by atoms with Crippen LogP contribution in [0.4, 0.5) is 0 Å². The largest absolute Gasteiger partial charge is 0.298 e. The minimum absolute atomic E-state index is 0.0128. The highest BCUT2D eigenvalue weighted by molar-refractivity contribution is 8.21.